The fourth-order valence-electron chi connectivity index (χ4n) is 2.23. The van der Waals surface area contributed by atoms with E-state index < -0.39 is 5.41 Å². The molecule has 162 valence electrons. The van der Waals surface area contributed by atoms with Crippen molar-refractivity contribution >= 4 is 5.91 Å². The summed E-state index contributed by atoms with van der Waals surface area (Å²) in [6.07, 6.45) is 1.45. The Morgan fingerprint density at radius 1 is 0.926 bits per heavy atom. The van der Waals surface area contributed by atoms with E-state index in [1.165, 1.54) is 0 Å². The number of hydrogen-bond donors (Lipinski definition) is 4. The van der Waals surface area contributed by atoms with Crippen LogP contribution in [0.5, 0.6) is 0 Å². The summed E-state index contributed by atoms with van der Waals surface area (Å²) in [5, 5.41) is 21.7. The van der Waals surface area contributed by atoms with Gasteiger partial charge in [0.2, 0.25) is 5.91 Å². The molecule has 0 aromatic rings. The third kappa shape index (κ3) is 14.9. The van der Waals surface area contributed by atoms with Gasteiger partial charge in [-0.15, -0.1) is 0 Å². The van der Waals surface area contributed by atoms with Gasteiger partial charge in [0.25, 0.3) is 0 Å². The number of carbonyl (C=O) groups excluding carboxylic acids is 1. The normalized spacial score (nSPS) is 11.7. The van der Waals surface area contributed by atoms with Crippen LogP contribution in [-0.2, 0) is 23.7 Å². The number of rotatable bonds is 20. The van der Waals surface area contributed by atoms with Gasteiger partial charge < -0.3 is 40.2 Å². The van der Waals surface area contributed by atoms with E-state index in [0.29, 0.717) is 65.6 Å². The Balaban J connectivity index is 3.57. The number of carbonyl (C=O) groups is 1. The summed E-state index contributed by atoms with van der Waals surface area (Å²) < 4.78 is 21.1. The van der Waals surface area contributed by atoms with E-state index in [2.05, 4.69) is 5.32 Å². The number of ether oxygens (including phenoxy) is 4. The van der Waals surface area contributed by atoms with E-state index in [-0.39, 0.29) is 38.7 Å². The van der Waals surface area contributed by atoms with Crippen LogP contribution in [0.2, 0.25) is 0 Å². The van der Waals surface area contributed by atoms with Crippen molar-refractivity contribution in [3.05, 3.63) is 0 Å². The molecule has 0 saturated carbocycles. The van der Waals surface area contributed by atoms with Gasteiger partial charge in [-0.25, -0.2) is 0 Å². The first kappa shape index (κ1) is 26.2. The molecule has 0 aliphatic carbocycles. The first-order chi connectivity index (χ1) is 13.1. The molecule has 0 aliphatic rings. The number of hydrogen-bond acceptors (Lipinski definition) is 8. The molecule has 0 heterocycles. The summed E-state index contributed by atoms with van der Waals surface area (Å²) in [7, 11) is 0. The van der Waals surface area contributed by atoms with Gasteiger partial charge in [-0.2, -0.15) is 0 Å². The number of aliphatic hydroxyl groups is 2. The van der Waals surface area contributed by atoms with Gasteiger partial charge in [0, 0.05) is 25.0 Å². The minimum Gasteiger partial charge on any atom is -0.396 e. The first-order valence-electron chi connectivity index (χ1n) is 9.63. The molecular weight excluding hydrogens is 356 g/mol. The number of nitrogens with one attached hydrogen (secondary N) is 1. The van der Waals surface area contributed by atoms with E-state index in [1.54, 1.807) is 0 Å². The van der Waals surface area contributed by atoms with Gasteiger partial charge in [0.05, 0.1) is 59.5 Å². The van der Waals surface area contributed by atoms with Crippen LogP contribution in [0.15, 0.2) is 0 Å². The Hall–Kier alpha value is -0.810. The summed E-state index contributed by atoms with van der Waals surface area (Å²) in [6.45, 7) is 6.19. The monoisotopic (exact) mass is 394 g/mol. The van der Waals surface area contributed by atoms with Gasteiger partial charge in [0.15, 0.2) is 0 Å². The maximum Gasteiger partial charge on any atom is 0.222 e. The Labute approximate surface area is 162 Å². The van der Waals surface area contributed by atoms with Crippen molar-refractivity contribution in [3.8, 4) is 0 Å². The molecule has 1 amide bonds. The Morgan fingerprint density at radius 2 is 1.44 bits per heavy atom. The van der Waals surface area contributed by atoms with Crippen molar-refractivity contribution < 1.29 is 34.0 Å². The minimum atomic E-state index is -0.728. The van der Waals surface area contributed by atoms with Crippen LogP contribution < -0.4 is 11.1 Å². The molecule has 0 saturated heterocycles. The van der Waals surface area contributed by atoms with E-state index in [0.717, 1.165) is 0 Å². The lowest BCUT2D eigenvalue weighted by Crippen LogP contribution is -2.43. The average molecular weight is 395 g/mol. The third-order valence-corrected chi connectivity index (χ3v) is 4.04. The van der Waals surface area contributed by atoms with Gasteiger partial charge in [-0.1, -0.05) is 0 Å². The summed E-state index contributed by atoms with van der Waals surface area (Å²) in [6, 6.07) is 0. The molecule has 9 heteroatoms. The number of aliphatic hydroxyl groups excluding tert-OH is 2. The molecular formula is C18H38N2O7. The first-order valence-corrected chi connectivity index (χ1v) is 9.63. The second-order valence-electron chi connectivity index (χ2n) is 6.27. The Kier molecular flexibility index (Phi) is 18.0. The zero-order chi connectivity index (χ0) is 20.2. The van der Waals surface area contributed by atoms with Gasteiger partial charge in [0.1, 0.15) is 0 Å². The highest BCUT2D eigenvalue weighted by Crippen LogP contribution is 2.21. The van der Waals surface area contributed by atoms with Crippen molar-refractivity contribution in [3.63, 3.8) is 0 Å². The van der Waals surface area contributed by atoms with Gasteiger partial charge >= 0.3 is 0 Å². The highest BCUT2D eigenvalue weighted by Gasteiger charge is 2.28. The number of nitrogens with two attached hydrogens (primary N) is 1. The maximum atomic E-state index is 11.8. The van der Waals surface area contributed by atoms with Crippen molar-refractivity contribution in [1.82, 2.24) is 5.32 Å². The molecule has 0 unspecified atom stereocenters. The molecule has 0 fully saturated rings. The van der Waals surface area contributed by atoms with E-state index >= 15 is 0 Å². The van der Waals surface area contributed by atoms with Crippen LogP contribution in [0.3, 0.4) is 0 Å². The molecule has 9 nitrogen and oxygen atoms in total. The lowest BCUT2D eigenvalue weighted by atomic mass is 9.84. The second kappa shape index (κ2) is 18.5. The molecule has 0 spiro atoms. The van der Waals surface area contributed by atoms with Gasteiger partial charge in [-0.3, -0.25) is 4.79 Å². The summed E-state index contributed by atoms with van der Waals surface area (Å²) >= 11 is 0. The smallest absolute Gasteiger partial charge is 0.222 e. The van der Waals surface area contributed by atoms with Crippen molar-refractivity contribution in [2.45, 2.75) is 26.2 Å². The van der Waals surface area contributed by atoms with Crippen molar-refractivity contribution in [1.29, 1.82) is 0 Å². The summed E-state index contributed by atoms with van der Waals surface area (Å²) in [4.78, 5) is 11.8. The largest absolute Gasteiger partial charge is 0.396 e. The SMILES string of the molecule is CCOCCOCCOCCOCCC(=O)NCC(CO)(CO)CCCN. The zero-order valence-electron chi connectivity index (χ0n) is 16.6. The molecule has 0 radical (unpaired) electrons. The highest BCUT2D eigenvalue weighted by atomic mass is 16.6. The highest BCUT2D eigenvalue weighted by molar-refractivity contribution is 5.76. The van der Waals surface area contributed by atoms with Crippen LogP contribution in [0.4, 0.5) is 0 Å². The van der Waals surface area contributed by atoms with Crippen molar-refractivity contribution in [2.75, 3.05) is 79.2 Å². The molecule has 0 bridgehead atoms. The molecule has 27 heavy (non-hydrogen) atoms. The van der Waals surface area contributed by atoms with Crippen LogP contribution in [0.1, 0.15) is 26.2 Å². The molecule has 0 aliphatic heterocycles. The quantitative estimate of drug-likeness (QED) is 0.199. The van der Waals surface area contributed by atoms with Crippen LogP contribution in [-0.4, -0.2) is 95.3 Å². The van der Waals surface area contributed by atoms with Crippen LogP contribution in [0.25, 0.3) is 0 Å². The number of amides is 1. The topological polar surface area (TPSA) is 132 Å². The molecule has 0 atom stereocenters. The predicted molar refractivity (Wildman–Crippen MR) is 101 cm³/mol. The Morgan fingerprint density at radius 3 is 1.93 bits per heavy atom. The third-order valence-electron chi connectivity index (χ3n) is 4.04. The fourth-order valence-corrected chi connectivity index (χ4v) is 2.23. The molecule has 5 N–H and O–H groups in total. The van der Waals surface area contributed by atoms with E-state index in [1.807, 2.05) is 6.92 Å². The van der Waals surface area contributed by atoms with Crippen LogP contribution >= 0.6 is 0 Å². The van der Waals surface area contributed by atoms with Crippen molar-refractivity contribution in [2.24, 2.45) is 11.1 Å². The molecule has 0 aromatic heterocycles. The van der Waals surface area contributed by atoms with Crippen LogP contribution in [0, 0.1) is 5.41 Å². The molecule has 0 rings (SSSR count). The zero-order valence-corrected chi connectivity index (χ0v) is 16.6. The lowest BCUT2D eigenvalue weighted by Gasteiger charge is -2.29. The standard InChI is InChI=1S/C18H38N2O7/c1-2-24-8-9-26-12-13-27-11-10-25-7-4-17(23)20-14-18(15-21,16-22)5-3-6-19/h21-22H,2-16,19H2,1H3,(H,20,23). The Bertz CT molecular complexity index is 342. The lowest BCUT2D eigenvalue weighted by molar-refractivity contribution is -0.123. The fraction of sp³-hybridized carbons (Fsp3) is 0.944. The van der Waals surface area contributed by atoms with E-state index in [4.69, 9.17) is 24.7 Å². The predicted octanol–water partition coefficient (Wildman–Crippen LogP) is -0.711. The average Bonchev–Trinajstić information content (AvgIpc) is 2.69. The second-order valence-corrected chi connectivity index (χ2v) is 6.27. The molecule has 0 aromatic carbocycles. The summed E-state index contributed by atoms with van der Waals surface area (Å²) in [5.41, 5.74) is 4.74. The maximum absolute atomic E-state index is 11.8. The van der Waals surface area contributed by atoms with E-state index in [9.17, 15) is 15.0 Å². The summed E-state index contributed by atoms with van der Waals surface area (Å²) in [5.74, 6) is -0.183. The van der Waals surface area contributed by atoms with Gasteiger partial charge in [-0.05, 0) is 26.3 Å². The minimum absolute atomic E-state index is 0.183.